The molecule has 1 heterocycles. The van der Waals surface area contributed by atoms with Crippen LogP contribution in [0.25, 0.3) is 0 Å². The first-order chi connectivity index (χ1) is 9.51. The minimum atomic E-state index is -0.0345. The van der Waals surface area contributed by atoms with Gasteiger partial charge in [0.1, 0.15) is 5.60 Å². The van der Waals surface area contributed by atoms with Crippen LogP contribution in [0.1, 0.15) is 45.1 Å². The molecule has 3 saturated carbocycles. The average molecular weight is 290 g/mol. The fraction of sp³-hybridized carbons (Fsp3) is 0.588. The maximum Gasteiger partial charge on any atom is 0.146 e. The second-order valence-electron chi connectivity index (χ2n) is 7.22. The Labute approximate surface area is 125 Å². The van der Waals surface area contributed by atoms with E-state index in [1.807, 2.05) is 24.3 Å². The van der Waals surface area contributed by atoms with Gasteiger partial charge in [-0.15, -0.1) is 0 Å². The molecule has 3 fully saturated rings. The summed E-state index contributed by atoms with van der Waals surface area (Å²) in [7, 11) is 0. The standard InChI is InChI=1S/C17H20ClNO/c1-16(2)12-7-8-17(15(16)9-12)10-14(19-20-17)11-3-5-13(18)6-4-11/h3-6,12,15H,7-10H2,1-2H3/t12-,15+,17?/m1/s1. The Kier molecular flexibility index (Phi) is 2.54. The lowest BCUT2D eigenvalue weighted by molar-refractivity contribution is -0.214. The molecule has 0 aromatic heterocycles. The van der Waals surface area contributed by atoms with E-state index in [-0.39, 0.29) is 5.60 Å². The van der Waals surface area contributed by atoms with Crippen LogP contribution in [-0.4, -0.2) is 11.3 Å². The molecule has 0 radical (unpaired) electrons. The predicted molar refractivity (Wildman–Crippen MR) is 81.0 cm³/mol. The third-order valence-electron chi connectivity index (χ3n) is 6.00. The summed E-state index contributed by atoms with van der Waals surface area (Å²) in [6, 6.07) is 7.94. The van der Waals surface area contributed by atoms with Crippen molar-refractivity contribution in [2.24, 2.45) is 22.4 Å². The predicted octanol–water partition coefficient (Wildman–Crippen LogP) is 4.66. The fourth-order valence-electron chi connectivity index (χ4n) is 4.60. The number of oxime groups is 1. The van der Waals surface area contributed by atoms with Crippen LogP contribution < -0.4 is 0 Å². The maximum absolute atomic E-state index is 6.02. The van der Waals surface area contributed by atoms with Gasteiger partial charge in [0.05, 0.1) is 5.71 Å². The van der Waals surface area contributed by atoms with E-state index < -0.39 is 0 Å². The molecule has 106 valence electrons. The normalized spacial score (nSPS) is 37.2. The van der Waals surface area contributed by atoms with Crippen molar-refractivity contribution < 1.29 is 4.84 Å². The van der Waals surface area contributed by atoms with Gasteiger partial charge in [-0.1, -0.05) is 42.7 Å². The highest BCUT2D eigenvalue weighted by atomic mass is 35.5. The lowest BCUT2D eigenvalue weighted by atomic mass is 9.43. The Morgan fingerprint density at radius 3 is 2.65 bits per heavy atom. The first-order valence-corrected chi connectivity index (χ1v) is 7.90. The molecule has 4 aliphatic rings. The van der Waals surface area contributed by atoms with Crippen molar-refractivity contribution in [2.75, 3.05) is 0 Å². The molecular formula is C17H20ClNO. The number of fused-ring (bicyclic) bond motifs is 1. The summed E-state index contributed by atoms with van der Waals surface area (Å²) in [5, 5.41) is 5.19. The number of hydrogen-bond donors (Lipinski definition) is 0. The lowest BCUT2D eigenvalue weighted by Crippen LogP contribution is -2.61. The van der Waals surface area contributed by atoms with Crippen LogP contribution in [0.15, 0.2) is 29.4 Å². The summed E-state index contributed by atoms with van der Waals surface area (Å²) in [6.45, 7) is 4.80. The van der Waals surface area contributed by atoms with Gasteiger partial charge >= 0.3 is 0 Å². The van der Waals surface area contributed by atoms with Crippen molar-refractivity contribution in [3.05, 3.63) is 34.9 Å². The number of benzene rings is 1. The average Bonchev–Trinajstić information content (AvgIpc) is 2.83. The quantitative estimate of drug-likeness (QED) is 0.737. The SMILES string of the molecule is CC1(C)[C@@H]2CCC3(CC(c4ccc(Cl)cc4)=NO3)[C@H]1C2. The van der Waals surface area contributed by atoms with Crippen molar-refractivity contribution >= 4 is 17.3 Å². The fourth-order valence-corrected chi connectivity index (χ4v) is 4.73. The lowest BCUT2D eigenvalue weighted by Gasteiger charge is -2.62. The van der Waals surface area contributed by atoms with Gasteiger partial charge in [-0.3, -0.25) is 0 Å². The van der Waals surface area contributed by atoms with Crippen molar-refractivity contribution in [3.63, 3.8) is 0 Å². The Hall–Kier alpha value is -1.02. The number of nitrogens with zero attached hydrogens (tertiary/aromatic N) is 1. The van der Waals surface area contributed by atoms with Crippen LogP contribution in [0.5, 0.6) is 0 Å². The van der Waals surface area contributed by atoms with Crippen molar-refractivity contribution in [1.29, 1.82) is 0 Å². The Bertz CT molecular complexity index is 575. The van der Waals surface area contributed by atoms with E-state index in [0.29, 0.717) is 11.3 Å². The monoisotopic (exact) mass is 289 g/mol. The molecule has 0 amide bonds. The van der Waals surface area contributed by atoms with Gasteiger partial charge in [-0.2, -0.15) is 0 Å². The minimum Gasteiger partial charge on any atom is -0.388 e. The number of rotatable bonds is 1. The molecule has 0 saturated heterocycles. The molecular weight excluding hydrogens is 270 g/mol. The summed E-state index contributed by atoms with van der Waals surface area (Å²) in [4.78, 5) is 6.02. The molecule has 3 heteroatoms. The van der Waals surface area contributed by atoms with Gasteiger partial charge in [0.25, 0.3) is 0 Å². The molecule has 5 rings (SSSR count). The Morgan fingerprint density at radius 1 is 1.25 bits per heavy atom. The summed E-state index contributed by atoms with van der Waals surface area (Å²) in [6.07, 6.45) is 4.71. The van der Waals surface area contributed by atoms with E-state index >= 15 is 0 Å². The summed E-state index contributed by atoms with van der Waals surface area (Å²) in [5.74, 6) is 1.55. The molecule has 0 N–H and O–H groups in total. The summed E-state index contributed by atoms with van der Waals surface area (Å²) >= 11 is 5.96. The van der Waals surface area contributed by atoms with Gasteiger partial charge in [0.15, 0.2) is 0 Å². The summed E-state index contributed by atoms with van der Waals surface area (Å²) in [5.41, 5.74) is 2.62. The van der Waals surface area contributed by atoms with E-state index in [9.17, 15) is 0 Å². The highest BCUT2D eigenvalue weighted by Gasteiger charge is 2.64. The Morgan fingerprint density at radius 2 is 2.00 bits per heavy atom. The Balaban J connectivity index is 1.59. The van der Waals surface area contributed by atoms with Gasteiger partial charge in [0.2, 0.25) is 0 Å². The van der Waals surface area contributed by atoms with Gasteiger partial charge in [-0.05, 0) is 48.3 Å². The topological polar surface area (TPSA) is 21.6 Å². The molecule has 1 aromatic rings. The second kappa shape index (κ2) is 4.00. The third-order valence-corrected chi connectivity index (χ3v) is 6.26. The van der Waals surface area contributed by atoms with E-state index in [1.54, 1.807) is 0 Å². The maximum atomic E-state index is 6.02. The molecule has 1 unspecified atom stereocenters. The molecule has 1 spiro atoms. The van der Waals surface area contributed by atoms with E-state index in [0.717, 1.165) is 35.1 Å². The second-order valence-corrected chi connectivity index (χ2v) is 7.66. The molecule has 3 atom stereocenters. The number of halogens is 1. The van der Waals surface area contributed by atoms with Gasteiger partial charge in [-0.25, -0.2) is 0 Å². The van der Waals surface area contributed by atoms with E-state index in [4.69, 9.17) is 16.4 Å². The zero-order valence-electron chi connectivity index (χ0n) is 12.0. The molecule has 1 aliphatic heterocycles. The smallest absolute Gasteiger partial charge is 0.146 e. The van der Waals surface area contributed by atoms with E-state index in [1.165, 1.54) is 12.8 Å². The van der Waals surface area contributed by atoms with Crippen molar-refractivity contribution in [1.82, 2.24) is 0 Å². The number of hydrogen-bond acceptors (Lipinski definition) is 2. The van der Waals surface area contributed by atoms with Crippen LogP contribution in [0, 0.1) is 17.3 Å². The molecule has 2 nitrogen and oxygen atoms in total. The van der Waals surface area contributed by atoms with Gasteiger partial charge in [0, 0.05) is 17.4 Å². The highest BCUT2D eigenvalue weighted by Crippen LogP contribution is 2.65. The van der Waals surface area contributed by atoms with Crippen LogP contribution in [0.3, 0.4) is 0 Å². The summed E-state index contributed by atoms with van der Waals surface area (Å²) < 4.78 is 0. The zero-order valence-corrected chi connectivity index (χ0v) is 12.8. The van der Waals surface area contributed by atoms with Crippen LogP contribution in [-0.2, 0) is 4.84 Å². The van der Waals surface area contributed by atoms with Crippen LogP contribution in [0.4, 0.5) is 0 Å². The largest absolute Gasteiger partial charge is 0.388 e. The third kappa shape index (κ3) is 1.60. The van der Waals surface area contributed by atoms with Crippen molar-refractivity contribution in [3.8, 4) is 0 Å². The molecule has 1 aromatic carbocycles. The zero-order chi connectivity index (χ0) is 14.0. The van der Waals surface area contributed by atoms with E-state index in [2.05, 4.69) is 19.0 Å². The van der Waals surface area contributed by atoms with Gasteiger partial charge < -0.3 is 4.84 Å². The van der Waals surface area contributed by atoms with Crippen LogP contribution in [0.2, 0.25) is 5.02 Å². The minimum absolute atomic E-state index is 0.0345. The molecule has 20 heavy (non-hydrogen) atoms. The first-order valence-electron chi connectivity index (χ1n) is 7.52. The van der Waals surface area contributed by atoms with Crippen LogP contribution >= 0.6 is 11.6 Å². The molecule has 3 aliphatic carbocycles. The van der Waals surface area contributed by atoms with Crippen molar-refractivity contribution in [2.45, 2.75) is 45.1 Å². The highest BCUT2D eigenvalue weighted by molar-refractivity contribution is 6.30. The molecule has 2 bridgehead atoms. The first kappa shape index (κ1) is 12.7.